The fraction of sp³-hybridized carbons (Fsp3) is 0.250. The SMILES string of the molecule is C.COC(=O)C(CN1C(=O)c2ccccc2C1=O)c1ccsc1.NCC(C(=O)O)c1ccsc1. The molecule has 0 saturated heterocycles. The number of amides is 2. The lowest BCUT2D eigenvalue weighted by molar-refractivity contribution is -0.142. The van der Waals surface area contributed by atoms with E-state index in [1.54, 1.807) is 36.4 Å². The molecule has 2 atom stereocenters. The molecular weight excluding hydrogens is 476 g/mol. The first kappa shape index (κ1) is 26.9. The molecule has 1 aliphatic heterocycles. The van der Waals surface area contributed by atoms with Crippen molar-refractivity contribution in [3.05, 3.63) is 80.2 Å². The maximum atomic E-state index is 12.4. The minimum absolute atomic E-state index is 0. The number of hydrogen-bond donors (Lipinski definition) is 2. The molecule has 1 aromatic carbocycles. The van der Waals surface area contributed by atoms with Gasteiger partial charge in [0.05, 0.1) is 24.2 Å². The van der Waals surface area contributed by atoms with Gasteiger partial charge in [0.2, 0.25) is 0 Å². The minimum atomic E-state index is -0.856. The molecule has 1 aliphatic rings. The second-order valence-electron chi connectivity index (χ2n) is 7.08. The fourth-order valence-corrected chi connectivity index (χ4v) is 4.80. The number of methoxy groups -OCH3 is 1. The second kappa shape index (κ2) is 12.2. The van der Waals surface area contributed by atoms with Crippen molar-refractivity contribution in [2.24, 2.45) is 5.73 Å². The average molecular weight is 503 g/mol. The zero-order valence-electron chi connectivity index (χ0n) is 17.7. The summed E-state index contributed by atoms with van der Waals surface area (Å²) < 4.78 is 4.81. The molecule has 180 valence electrons. The summed E-state index contributed by atoms with van der Waals surface area (Å²) in [5, 5.41) is 16.0. The number of carbonyl (C=O) groups is 4. The molecule has 2 amide bonds. The summed E-state index contributed by atoms with van der Waals surface area (Å²) in [7, 11) is 1.30. The Hall–Kier alpha value is -3.34. The molecular formula is C24H26N2O6S2. The lowest BCUT2D eigenvalue weighted by Gasteiger charge is -2.20. The maximum absolute atomic E-state index is 12.4. The Balaban J connectivity index is 0.000000289. The number of esters is 1. The van der Waals surface area contributed by atoms with Gasteiger partial charge in [-0.2, -0.15) is 22.7 Å². The highest BCUT2D eigenvalue weighted by atomic mass is 32.1. The Morgan fingerprint density at radius 2 is 1.47 bits per heavy atom. The summed E-state index contributed by atoms with van der Waals surface area (Å²) in [4.78, 5) is 48.4. The van der Waals surface area contributed by atoms with Crippen LogP contribution < -0.4 is 5.73 Å². The highest BCUT2D eigenvalue weighted by molar-refractivity contribution is 7.08. The third kappa shape index (κ3) is 5.77. The van der Waals surface area contributed by atoms with E-state index in [0.29, 0.717) is 11.1 Å². The smallest absolute Gasteiger partial charge is 0.315 e. The molecule has 8 nitrogen and oxygen atoms in total. The Labute approximate surface area is 205 Å². The zero-order valence-corrected chi connectivity index (χ0v) is 19.3. The largest absolute Gasteiger partial charge is 0.481 e. The van der Waals surface area contributed by atoms with E-state index in [2.05, 4.69) is 0 Å². The molecule has 3 heterocycles. The third-order valence-corrected chi connectivity index (χ3v) is 6.56. The van der Waals surface area contributed by atoms with Crippen molar-refractivity contribution in [3.63, 3.8) is 0 Å². The van der Waals surface area contributed by atoms with Gasteiger partial charge in [0.25, 0.3) is 11.8 Å². The van der Waals surface area contributed by atoms with Crippen LogP contribution in [0.3, 0.4) is 0 Å². The average Bonchev–Trinajstić information content (AvgIpc) is 3.57. The van der Waals surface area contributed by atoms with Gasteiger partial charge in [-0.1, -0.05) is 19.6 Å². The first-order chi connectivity index (χ1) is 15.9. The van der Waals surface area contributed by atoms with Crippen LogP contribution in [0.5, 0.6) is 0 Å². The Bertz CT molecular complexity index is 1090. The van der Waals surface area contributed by atoms with Crippen molar-refractivity contribution in [2.45, 2.75) is 19.3 Å². The van der Waals surface area contributed by atoms with E-state index in [4.69, 9.17) is 15.6 Å². The van der Waals surface area contributed by atoms with Gasteiger partial charge in [-0.05, 0) is 56.9 Å². The molecule has 34 heavy (non-hydrogen) atoms. The van der Waals surface area contributed by atoms with Crippen molar-refractivity contribution >= 4 is 46.4 Å². The van der Waals surface area contributed by atoms with E-state index in [9.17, 15) is 19.2 Å². The van der Waals surface area contributed by atoms with Crippen molar-refractivity contribution < 1.29 is 29.0 Å². The number of nitrogens with zero attached hydrogens (tertiary/aromatic N) is 1. The van der Waals surface area contributed by atoms with E-state index in [1.807, 2.05) is 21.5 Å². The van der Waals surface area contributed by atoms with Crippen LogP contribution in [0, 0.1) is 0 Å². The molecule has 2 unspecified atom stereocenters. The van der Waals surface area contributed by atoms with Gasteiger partial charge < -0.3 is 15.6 Å². The number of imide groups is 1. The molecule has 0 spiro atoms. The van der Waals surface area contributed by atoms with Gasteiger partial charge in [0.1, 0.15) is 5.92 Å². The second-order valence-corrected chi connectivity index (χ2v) is 8.64. The van der Waals surface area contributed by atoms with Gasteiger partial charge in [-0.25, -0.2) is 0 Å². The molecule has 0 aliphatic carbocycles. The van der Waals surface area contributed by atoms with Gasteiger partial charge >= 0.3 is 11.9 Å². The zero-order chi connectivity index (χ0) is 24.0. The quantitative estimate of drug-likeness (QED) is 0.371. The Morgan fingerprint density at radius 1 is 0.971 bits per heavy atom. The van der Waals surface area contributed by atoms with Gasteiger partial charge in [0.15, 0.2) is 0 Å². The first-order valence-electron chi connectivity index (χ1n) is 9.89. The molecule has 3 aromatic rings. The molecule has 0 bridgehead atoms. The summed E-state index contributed by atoms with van der Waals surface area (Å²) in [6.07, 6.45) is 0. The number of carboxylic acid groups (broad SMARTS) is 1. The normalized spacial score (nSPS) is 13.8. The predicted molar refractivity (Wildman–Crippen MR) is 131 cm³/mol. The van der Waals surface area contributed by atoms with E-state index in [0.717, 1.165) is 16.0 Å². The standard InChI is InChI=1S/C16H13NO4S.C7H9NO2S.CH4/c1-21-16(20)13(10-6-7-22-9-10)8-17-14(18)11-4-2-3-5-12(11)15(17)19;8-3-6(7(9)10)5-1-2-11-4-5;/h2-7,9,13H,8H2,1H3;1-2,4,6H,3,8H2,(H,9,10);1H4. The summed E-state index contributed by atoms with van der Waals surface area (Å²) in [5.41, 5.74) is 7.58. The van der Waals surface area contributed by atoms with Crippen LogP contribution in [-0.2, 0) is 14.3 Å². The van der Waals surface area contributed by atoms with E-state index in [1.165, 1.54) is 29.8 Å². The third-order valence-electron chi connectivity index (χ3n) is 5.15. The lowest BCUT2D eigenvalue weighted by Crippen LogP contribution is -2.36. The summed E-state index contributed by atoms with van der Waals surface area (Å²) in [6, 6.07) is 10.2. The number of carboxylic acids is 1. The fourth-order valence-electron chi connectivity index (χ4n) is 3.37. The highest BCUT2D eigenvalue weighted by Gasteiger charge is 2.38. The van der Waals surface area contributed by atoms with Crippen LogP contribution in [-0.4, -0.2) is 54.0 Å². The maximum Gasteiger partial charge on any atom is 0.315 e. The number of rotatable bonds is 7. The van der Waals surface area contributed by atoms with Gasteiger partial charge in [-0.15, -0.1) is 0 Å². The number of fused-ring (bicyclic) bond motifs is 1. The van der Waals surface area contributed by atoms with Crippen LogP contribution >= 0.6 is 22.7 Å². The Morgan fingerprint density at radius 3 is 1.85 bits per heavy atom. The molecule has 2 aromatic heterocycles. The van der Waals surface area contributed by atoms with Crippen LogP contribution in [0.25, 0.3) is 0 Å². The first-order valence-corrected chi connectivity index (χ1v) is 11.8. The molecule has 10 heteroatoms. The molecule has 0 fully saturated rings. The van der Waals surface area contributed by atoms with Crippen molar-refractivity contribution in [3.8, 4) is 0 Å². The number of aliphatic carboxylic acids is 1. The summed E-state index contributed by atoms with van der Waals surface area (Å²) in [5.74, 6) is -3.27. The molecule has 0 saturated carbocycles. The summed E-state index contributed by atoms with van der Waals surface area (Å²) in [6.45, 7) is 0.141. The predicted octanol–water partition coefficient (Wildman–Crippen LogP) is 3.81. The summed E-state index contributed by atoms with van der Waals surface area (Å²) >= 11 is 2.93. The van der Waals surface area contributed by atoms with Crippen LogP contribution in [0.1, 0.15) is 51.1 Å². The van der Waals surface area contributed by atoms with E-state index in [-0.39, 0.29) is 32.3 Å². The number of nitrogens with two attached hydrogens (primary N) is 1. The lowest BCUT2D eigenvalue weighted by atomic mass is 10.0. The minimum Gasteiger partial charge on any atom is -0.481 e. The monoisotopic (exact) mass is 502 g/mol. The van der Waals surface area contributed by atoms with Crippen LogP contribution in [0.15, 0.2) is 57.9 Å². The number of hydrogen-bond acceptors (Lipinski definition) is 8. The highest BCUT2D eigenvalue weighted by Crippen LogP contribution is 2.27. The van der Waals surface area contributed by atoms with Crippen molar-refractivity contribution in [1.29, 1.82) is 0 Å². The van der Waals surface area contributed by atoms with Crippen molar-refractivity contribution in [2.75, 3.05) is 20.2 Å². The van der Waals surface area contributed by atoms with Crippen LogP contribution in [0.4, 0.5) is 0 Å². The van der Waals surface area contributed by atoms with Gasteiger partial charge in [-0.3, -0.25) is 24.1 Å². The van der Waals surface area contributed by atoms with Crippen LogP contribution in [0.2, 0.25) is 0 Å². The number of benzene rings is 1. The molecule has 0 radical (unpaired) electrons. The molecule has 3 N–H and O–H groups in total. The topological polar surface area (TPSA) is 127 Å². The van der Waals surface area contributed by atoms with E-state index < -0.39 is 23.8 Å². The number of carbonyl (C=O) groups excluding carboxylic acids is 3. The van der Waals surface area contributed by atoms with E-state index >= 15 is 0 Å². The van der Waals surface area contributed by atoms with Gasteiger partial charge in [0, 0.05) is 13.1 Å². The number of thiophene rings is 2. The Kier molecular flexibility index (Phi) is 9.67. The van der Waals surface area contributed by atoms with Crippen molar-refractivity contribution in [1.82, 2.24) is 4.90 Å². The molecule has 4 rings (SSSR count). The number of ether oxygens (including phenoxy) is 1.